The molecule has 0 heterocycles. The minimum atomic E-state index is -3.93. The third-order valence-electron chi connectivity index (χ3n) is 4.46. The monoisotopic (exact) mass is 391 g/mol. The lowest BCUT2D eigenvalue weighted by Crippen LogP contribution is -2.45. The van der Waals surface area contributed by atoms with Crippen LogP contribution in [-0.4, -0.2) is 44.2 Å². The van der Waals surface area contributed by atoms with Crippen LogP contribution in [0.2, 0.25) is 0 Å². The number of benzene rings is 2. The van der Waals surface area contributed by atoms with Gasteiger partial charge in [0.15, 0.2) is 5.96 Å². The molecule has 0 saturated heterocycles. The van der Waals surface area contributed by atoms with Crippen molar-refractivity contribution in [2.24, 2.45) is 22.2 Å². The SMILES string of the molecule is Cc1ccc(S(=O)(=O)N(C)[C@@H](CCCN=C(N)N)C(N)=O)c2ccccc12. The van der Waals surface area contributed by atoms with Crippen LogP contribution in [0.4, 0.5) is 0 Å². The van der Waals surface area contributed by atoms with E-state index in [4.69, 9.17) is 17.2 Å². The Labute approximate surface area is 159 Å². The van der Waals surface area contributed by atoms with E-state index in [0.717, 1.165) is 15.3 Å². The maximum Gasteiger partial charge on any atom is 0.244 e. The summed E-state index contributed by atoms with van der Waals surface area (Å²) in [6.45, 7) is 2.20. The van der Waals surface area contributed by atoms with E-state index < -0.39 is 22.0 Å². The first-order valence-corrected chi connectivity index (χ1v) is 9.91. The molecule has 0 aliphatic heterocycles. The van der Waals surface area contributed by atoms with Crippen LogP contribution < -0.4 is 17.2 Å². The fourth-order valence-corrected chi connectivity index (χ4v) is 4.52. The number of rotatable bonds is 8. The number of guanidine groups is 1. The number of hydrogen-bond acceptors (Lipinski definition) is 4. The van der Waals surface area contributed by atoms with Crippen LogP contribution in [-0.2, 0) is 14.8 Å². The standard InChI is InChI=1S/C18H25N5O3S/c1-12-9-10-16(14-7-4-3-6-13(12)14)27(25,26)23(2)15(17(19)24)8-5-11-22-18(20)21/h3-4,6-7,9-10,15H,5,8,11H2,1-2H3,(H2,19,24)(H4,20,21,22)/t15-/m0/s1. The van der Waals surface area contributed by atoms with Gasteiger partial charge in [-0.15, -0.1) is 0 Å². The molecule has 0 unspecified atom stereocenters. The molecule has 0 aliphatic carbocycles. The van der Waals surface area contributed by atoms with Crippen LogP contribution >= 0.6 is 0 Å². The minimum Gasteiger partial charge on any atom is -0.370 e. The van der Waals surface area contributed by atoms with Crippen molar-refractivity contribution in [1.29, 1.82) is 0 Å². The molecule has 0 aliphatic rings. The number of nitrogens with zero attached hydrogens (tertiary/aromatic N) is 2. The first-order valence-electron chi connectivity index (χ1n) is 8.47. The Bertz CT molecular complexity index is 968. The van der Waals surface area contributed by atoms with E-state index in [1.807, 2.05) is 19.1 Å². The van der Waals surface area contributed by atoms with Gasteiger partial charge in [0, 0.05) is 19.0 Å². The predicted octanol–water partition coefficient (Wildman–Crippen LogP) is 0.676. The highest BCUT2D eigenvalue weighted by Gasteiger charge is 2.32. The fraction of sp³-hybridized carbons (Fsp3) is 0.333. The van der Waals surface area contributed by atoms with Crippen LogP contribution in [0.3, 0.4) is 0 Å². The highest BCUT2D eigenvalue weighted by Crippen LogP contribution is 2.28. The van der Waals surface area contributed by atoms with Gasteiger partial charge in [-0.3, -0.25) is 9.79 Å². The zero-order valence-electron chi connectivity index (χ0n) is 15.4. The van der Waals surface area contributed by atoms with Crippen molar-refractivity contribution in [3.63, 3.8) is 0 Å². The molecule has 27 heavy (non-hydrogen) atoms. The van der Waals surface area contributed by atoms with Gasteiger partial charge in [-0.05, 0) is 36.8 Å². The molecule has 6 N–H and O–H groups in total. The summed E-state index contributed by atoms with van der Waals surface area (Å²) in [5.41, 5.74) is 17.0. The summed E-state index contributed by atoms with van der Waals surface area (Å²) in [5, 5.41) is 1.45. The molecule has 0 bridgehead atoms. The van der Waals surface area contributed by atoms with Crippen molar-refractivity contribution < 1.29 is 13.2 Å². The summed E-state index contributed by atoms with van der Waals surface area (Å²) in [4.78, 5) is 15.9. The number of likely N-dealkylation sites (N-methyl/N-ethyl adjacent to an activating group) is 1. The van der Waals surface area contributed by atoms with E-state index in [0.29, 0.717) is 11.8 Å². The van der Waals surface area contributed by atoms with E-state index in [1.54, 1.807) is 24.3 Å². The van der Waals surface area contributed by atoms with Crippen molar-refractivity contribution in [3.05, 3.63) is 42.0 Å². The third kappa shape index (κ3) is 4.55. The Kier molecular flexibility index (Phi) is 6.40. The lowest BCUT2D eigenvalue weighted by Gasteiger charge is -2.25. The minimum absolute atomic E-state index is 0.0577. The molecule has 2 aromatic carbocycles. The largest absolute Gasteiger partial charge is 0.370 e. The second-order valence-corrected chi connectivity index (χ2v) is 8.28. The van der Waals surface area contributed by atoms with Crippen LogP contribution in [0.15, 0.2) is 46.3 Å². The normalized spacial score (nSPS) is 12.9. The average Bonchev–Trinajstić information content (AvgIpc) is 2.61. The smallest absolute Gasteiger partial charge is 0.244 e. The Morgan fingerprint density at radius 1 is 1.11 bits per heavy atom. The van der Waals surface area contributed by atoms with E-state index in [9.17, 15) is 13.2 Å². The fourth-order valence-electron chi connectivity index (χ4n) is 2.97. The van der Waals surface area contributed by atoms with Gasteiger partial charge in [-0.2, -0.15) is 4.31 Å². The quantitative estimate of drug-likeness (QED) is 0.344. The molecule has 1 atom stereocenters. The van der Waals surface area contributed by atoms with Gasteiger partial charge in [0.1, 0.15) is 6.04 Å². The number of sulfonamides is 1. The van der Waals surface area contributed by atoms with Crippen molar-refractivity contribution in [3.8, 4) is 0 Å². The third-order valence-corrected chi connectivity index (χ3v) is 6.38. The van der Waals surface area contributed by atoms with Crippen molar-refractivity contribution in [1.82, 2.24) is 4.31 Å². The van der Waals surface area contributed by atoms with Gasteiger partial charge in [0.2, 0.25) is 15.9 Å². The van der Waals surface area contributed by atoms with Crippen LogP contribution in [0.25, 0.3) is 10.8 Å². The number of amides is 1. The van der Waals surface area contributed by atoms with Crippen LogP contribution in [0.1, 0.15) is 18.4 Å². The van der Waals surface area contributed by atoms with E-state index in [2.05, 4.69) is 4.99 Å². The molecule has 8 nitrogen and oxygen atoms in total. The Morgan fingerprint density at radius 3 is 2.33 bits per heavy atom. The van der Waals surface area contributed by atoms with E-state index in [1.165, 1.54) is 7.05 Å². The molecule has 0 radical (unpaired) electrons. The number of fused-ring (bicyclic) bond motifs is 1. The van der Waals surface area contributed by atoms with Gasteiger partial charge < -0.3 is 17.2 Å². The van der Waals surface area contributed by atoms with E-state index >= 15 is 0 Å². The Hall–Kier alpha value is -2.65. The molecular formula is C18H25N5O3S. The summed E-state index contributed by atoms with van der Waals surface area (Å²) in [5.74, 6) is -0.778. The Morgan fingerprint density at radius 2 is 1.74 bits per heavy atom. The predicted molar refractivity (Wildman–Crippen MR) is 107 cm³/mol. The molecule has 0 saturated carbocycles. The zero-order chi connectivity index (χ0) is 20.2. The maximum atomic E-state index is 13.2. The van der Waals surface area contributed by atoms with E-state index in [-0.39, 0.29) is 23.8 Å². The second-order valence-electron chi connectivity index (χ2n) is 6.31. The summed E-state index contributed by atoms with van der Waals surface area (Å²) in [6.07, 6.45) is 0.631. The van der Waals surface area contributed by atoms with Gasteiger partial charge >= 0.3 is 0 Å². The summed E-state index contributed by atoms with van der Waals surface area (Å²) in [6, 6.07) is 9.56. The highest BCUT2D eigenvalue weighted by molar-refractivity contribution is 7.89. The lowest BCUT2D eigenvalue weighted by atomic mass is 10.1. The summed E-state index contributed by atoms with van der Waals surface area (Å²) < 4.78 is 27.4. The van der Waals surface area contributed by atoms with Gasteiger partial charge in [-0.25, -0.2) is 8.42 Å². The number of carbonyl (C=O) groups is 1. The number of primary amides is 1. The van der Waals surface area contributed by atoms with Gasteiger partial charge in [0.25, 0.3) is 0 Å². The number of carbonyl (C=O) groups excluding carboxylic acids is 1. The molecule has 2 rings (SSSR count). The molecule has 2 aromatic rings. The number of hydrogen-bond donors (Lipinski definition) is 3. The second kappa shape index (κ2) is 8.36. The summed E-state index contributed by atoms with van der Waals surface area (Å²) >= 11 is 0. The molecular weight excluding hydrogens is 366 g/mol. The average molecular weight is 391 g/mol. The molecule has 0 spiro atoms. The zero-order valence-corrected chi connectivity index (χ0v) is 16.2. The maximum absolute atomic E-state index is 13.2. The topological polar surface area (TPSA) is 145 Å². The van der Waals surface area contributed by atoms with Crippen LogP contribution in [0.5, 0.6) is 0 Å². The Balaban J connectivity index is 2.37. The molecule has 0 aromatic heterocycles. The summed E-state index contributed by atoms with van der Waals surface area (Å²) in [7, 11) is -2.57. The van der Waals surface area contributed by atoms with Crippen molar-refractivity contribution >= 4 is 32.7 Å². The first-order chi connectivity index (χ1) is 12.7. The molecule has 146 valence electrons. The molecule has 1 amide bonds. The first kappa shape index (κ1) is 20.7. The van der Waals surface area contributed by atoms with Gasteiger partial charge in [0.05, 0.1) is 4.90 Å². The number of aliphatic imine (C=N–C) groups is 1. The lowest BCUT2D eigenvalue weighted by molar-refractivity contribution is -0.121. The highest BCUT2D eigenvalue weighted by atomic mass is 32.2. The van der Waals surface area contributed by atoms with Gasteiger partial charge in [-0.1, -0.05) is 30.3 Å². The number of aryl methyl sites for hydroxylation is 1. The number of nitrogens with two attached hydrogens (primary N) is 3. The molecule has 9 heteroatoms. The van der Waals surface area contributed by atoms with Crippen molar-refractivity contribution in [2.45, 2.75) is 30.7 Å². The van der Waals surface area contributed by atoms with Crippen molar-refractivity contribution in [2.75, 3.05) is 13.6 Å². The van der Waals surface area contributed by atoms with Crippen LogP contribution in [0, 0.1) is 6.92 Å². The molecule has 0 fully saturated rings.